The molecular weight excluding hydrogens is 480 g/mol. The third-order valence-electron chi connectivity index (χ3n) is 9.84. The Hall–Kier alpha value is -3.49. The van der Waals surface area contributed by atoms with Crippen molar-refractivity contribution in [3.05, 3.63) is 47.4 Å². The Morgan fingerprint density at radius 3 is 2.47 bits per heavy atom. The van der Waals surface area contributed by atoms with E-state index in [1.54, 1.807) is 0 Å². The zero-order valence-electron chi connectivity index (χ0n) is 21.4. The van der Waals surface area contributed by atoms with Crippen LogP contribution in [-0.4, -0.2) is 74.8 Å². The maximum atomic E-state index is 13.6. The number of pyridine rings is 1. The van der Waals surface area contributed by atoms with Gasteiger partial charge in [-0.05, 0) is 72.8 Å². The summed E-state index contributed by atoms with van der Waals surface area (Å²) in [6.45, 7) is 3.82. The fourth-order valence-electron chi connectivity index (χ4n) is 7.51. The number of fused-ring (bicyclic) bond motifs is 6. The number of amides is 2. The summed E-state index contributed by atoms with van der Waals surface area (Å²) >= 11 is 0. The SMILES string of the molecule is O=C(c1cc2ccccc2c(OCC2CC2)n1)N1C[C@@H]2[C@H](C1)[C@H]1CN(C(=O)[C@@H]3CCc4[nH]nnc4C3)C[C@@H]21. The summed E-state index contributed by atoms with van der Waals surface area (Å²) in [6, 6.07) is 9.93. The number of carbonyl (C=O) groups is 2. The molecular formula is C29H32N6O3. The lowest BCUT2D eigenvalue weighted by molar-refractivity contribution is -0.135. The molecule has 2 aromatic heterocycles. The molecule has 2 saturated heterocycles. The minimum atomic E-state index is -0.00180. The summed E-state index contributed by atoms with van der Waals surface area (Å²) in [5.41, 5.74) is 2.51. The van der Waals surface area contributed by atoms with E-state index >= 15 is 0 Å². The first kappa shape index (κ1) is 22.5. The number of aryl methyl sites for hydroxylation is 1. The van der Waals surface area contributed by atoms with Crippen LogP contribution in [0.1, 0.15) is 41.1 Å². The first-order chi connectivity index (χ1) is 18.6. The Morgan fingerprint density at radius 1 is 0.974 bits per heavy atom. The topological polar surface area (TPSA) is 104 Å². The number of rotatable bonds is 5. The molecule has 3 aliphatic carbocycles. The third kappa shape index (κ3) is 3.61. The van der Waals surface area contributed by atoms with Crippen LogP contribution < -0.4 is 4.74 Å². The largest absolute Gasteiger partial charge is 0.477 e. The molecule has 196 valence electrons. The molecule has 2 saturated carbocycles. The van der Waals surface area contributed by atoms with Gasteiger partial charge in [-0.15, -0.1) is 5.10 Å². The first-order valence-corrected chi connectivity index (χ1v) is 14.1. The molecule has 2 amide bonds. The van der Waals surface area contributed by atoms with Crippen molar-refractivity contribution >= 4 is 22.6 Å². The number of aromatic amines is 1. The van der Waals surface area contributed by atoms with Crippen LogP contribution in [0.15, 0.2) is 30.3 Å². The van der Waals surface area contributed by atoms with E-state index in [4.69, 9.17) is 9.72 Å². The van der Waals surface area contributed by atoms with Crippen LogP contribution >= 0.6 is 0 Å². The number of benzene rings is 1. The molecule has 4 heterocycles. The predicted octanol–water partition coefficient (Wildman–Crippen LogP) is 2.72. The van der Waals surface area contributed by atoms with E-state index in [-0.39, 0.29) is 17.7 Å². The average Bonchev–Trinajstić information content (AvgIpc) is 3.33. The summed E-state index contributed by atoms with van der Waals surface area (Å²) in [5, 5.41) is 13.0. The second-order valence-electron chi connectivity index (χ2n) is 12.1. The van der Waals surface area contributed by atoms with Crippen molar-refractivity contribution in [3.8, 4) is 5.88 Å². The molecule has 5 aliphatic rings. The summed E-state index contributed by atoms with van der Waals surface area (Å²) < 4.78 is 6.08. The van der Waals surface area contributed by atoms with E-state index in [1.807, 2.05) is 35.2 Å². The van der Waals surface area contributed by atoms with Gasteiger partial charge >= 0.3 is 0 Å². The molecule has 0 unspecified atom stereocenters. The van der Waals surface area contributed by atoms with E-state index in [2.05, 4.69) is 20.3 Å². The molecule has 9 heteroatoms. The molecule has 0 spiro atoms. The number of H-pyrrole nitrogens is 1. The number of likely N-dealkylation sites (tertiary alicyclic amines) is 2. The van der Waals surface area contributed by atoms with E-state index in [1.165, 1.54) is 12.8 Å². The summed E-state index contributed by atoms with van der Waals surface area (Å²) in [6.07, 6.45) is 4.82. The van der Waals surface area contributed by atoms with Gasteiger partial charge in [0.05, 0.1) is 18.0 Å². The Kier molecular flexibility index (Phi) is 5.04. The zero-order chi connectivity index (χ0) is 25.4. The normalized spacial score (nSPS) is 29.5. The standard InChI is InChI=1S/C29H32N6O3/c36-28(18-7-8-24-25(10-18)32-33-31-24)34-11-20-21(12-34)23-14-35(13-22(20)23)29(37)26-9-17-3-1-2-4-19(17)27(30-26)38-15-16-5-6-16/h1-4,9,16,18,20-23H,5-8,10-15H2,(H,31,32,33)/t18-,20-,21+,22+,23-/m1/s1. The lowest BCUT2D eigenvalue weighted by atomic mass is 9.60. The van der Waals surface area contributed by atoms with E-state index in [9.17, 15) is 9.59 Å². The van der Waals surface area contributed by atoms with Crippen LogP contribution in [0.4, 0.5) is 0 Å². The molecule has 5 atom stereocenters. The number of hydrogen-bond acceptors (Lipinski definition) is 6. The Labute approximate surface area is 220 Å². The number of hydrogen-bond donors (Lipinski definition) is 1. The highest BCUT2D eigenvalue weighted by atomic mass is 16.5. The Bertz CT molecular complexity index is 1410. The van der Waals surface area contributed by atoms with Crippen molar-refractivity contribution in [3.63, 3.8) is 0 Å². The maximum absolute atomic E-state index is 13.6. The molecule has 1 aromatic carbocycles. The van der Waals surface area contributed by atoms with Gasteiger partial charge in [0.25, 0.3) is 5.91 Å². The van der Waals surface area contributed by atoms with Crippen LogP contribution in [-0.2, 0) is 17.6 Å². The summed E-state index contributed by atoms with van der Waals surface area (Å²) in [7, 11) is 0. The second kappa shape index (κ2) is 8.51. The van der Waals surface area contributed by atoms with Crippen molar-refractivity contribution in [2.24, 2.45) is 35.5 Å². The number of nitrogens with zero attached hydrogens (tertiary/aromatic N) is 5. The highest BCUT2D eigenvalue weighted by molar-refractivity contribution is 5.98. The molecule has 3 aromatic rings. The van der Waals surface area contributed by atoms with Crippen molar-refractivity contribution in [1.82, 2.24) is 30.2 Å². The second-order valence-corrected chi connectivity index (χ2v) is 12.1. The van der Waals surface area contributed by atoms with Gasteiger partial charge in [-0.25, -0.2) is 4.98 Å². The fraction of sp³-hybridized carbons (Fsp3) is 0.552. The van der Waals surface area contributed by atoms with Crippen molar-refractivity contribution in [1.29, 1.82) is 0 Å². The van der Waals surface area contributed by atoms with Gasteiger partial charge in [0.15, 0.2) is 0 Å². The van der Waals surface area contributed by atoms with Gasteiger partial charge in [0.2, 0.25) is 11.8 Å². The Balaban J connectivity index is 0.942. The lowest BCUT2D eigenvalue weighted by Crippen LogP contribution is -2.44. The van der Waals surface area contributed by atoms with E-state index < -0.39 is 0 Å². The third-order valence-corrected chi connectivity index (χ3v) is 9.84. The van der Waals surface area contributed by atoms with Crippen LogP contribution in [0.25, 0.3) is 10.8 Å². The van der Waals surface area contributed by atoms with Gasteiger partial charge in [-0.3, -0.25) is 14.7 Å². The van der Waals surface area contributed by atoms with Gasteiger partial charge in [0, 0.05) is 43.9 Å². The molecule has 2 aliphatic heterocycles. The zero-order valence-corrected chi connectivity index (χ0v) is 21.4. The number of carbonyl (C=O) groups excluding carboxylic acids is 2. The quantitative estimate of drug-likeness (QED) is 0.564. The summed E-state index contributed by atoms with van der Waals surface area (Å²) in [4.78, 5) is 35.8. The van der Waals surface area contributed by atoms with Crippen LogP contribution in [0, 0.1) is 35.5 Å². The molecule has 8 rings (SSSR count). The fourth-order valence-corrected chi connectivity index (χ4v) is 7.51. The average molecular weight is 513 g/mol. The number of nitrogens with one attached hydrogen (secondary N) is 1. The first-order valence-electron chi connectivity index (χ1n) is 14.1. The minimum Gasteiger partial charge on any atom is -0.477 e. The van der Waals surface area contributed by atoms with E-state index in [0.717, 1.165) is 61.2 Å². The van der Waals surface area contributed by atoms with Gasteiger partial charge in [-0.1, -0.05) is 23.4 Å². The minimum absolute atomic E-state index is 0.00180. The van der Waals surface area contributed by atoms with Gasteiger partial charge < -0.3 is 14.5 Å². The highest BCUT2D eigenvalue weighted by Gasteiger charge is 2.59. The number of aromatic nitrogens is 4. The van der Waals surface area contributed by atoms with Crippen LogP contribution in [0.2, 0.25) is 0 Å². The monoisotopic (exact) mass is 512 g/mol. The van der Waals surface area contributed by atoms with Crippen molar-refractivity contribution in [2.75, 3.05) is 32.8 Å². The van der Waals surface area contributed by atoms with Crippen LogP contribution in [0.5, 0.6) is 5.88 Å². The van der Waals surface area contributed by atoms with Crippen molar-refractivity contribution < 1.29 is 14.3 Å². The smallest absolute Gasteiger partial charge is 0.272 e. The van der Waals surface area contributed by atoms with Crippen molar-refractivity contribution in [2.45, 2.75) is 32.1 Å². The molecule has 4 fully saturated rings. The molecule has 1 N–H and O–H groups in total. The molecule has 0 bridgehead atoms. The molecule has 38 heavy (non-hydrogen) atoms. The molecule has 9 nitrogen and oxygen atoms in total. The van der Waals surface area contributed by atoms with Crippen LogP contribution in [0.3, 0.4) is 0 Å². The predicted molar refractivity (Wildman–Crippen MR) is 138 cm³/mol. The lowest BCUT2D eigenvalue weighted by Gasteiger charge is -2.42. The highest BCUT2D eigenvalue weighted by Crippen LogP contribution is 2.54. The Morgan fingerprint density at radius 2 is 1.71 bits per heavy atom. The van der Waals surface area contributed by atoms with Gasteiger partial charge in [-0.2, -0.15) is 0 Å². The maximum Gasteiger partial charge on any atom is 0.272 e. The summed E-state index contributed by atoms with van der Waals surface area (Å²) in [5.74, 6) is 3.42. The number of ether oxygens (including phenoxy) is 1. The molecule has 0 radical (unpaired) electrons. The van der Waals surface area contributed by atoms with Gasteiger partial charge in [0.1, 0.15) is 5.69 Å². The van der Waals surface area contributed by atoms with E-state index in [0.29, 0.717) is 54.2 Å².